The molecule has 0 fully saturated rings. The average Bonchev–Trinajstić information content (AvgIpc) is 2.38. The van der Waals surface area contributed by atoms with Crippen molar-refractivity contribution in [1.29, 1.82) is 0 Å². The van der Waals surface area contributed by atoms with Crippen molar-refractivity contribution < 1.29 is 13.5 Å². The molecule has 1 aliphatic rings. The van der Waals surface area contributed by atoms with Gasteiger partial charge in [0, 0.05) is 6.07 Å². The minimum absolute atomic E-state index is 0.171. The summed E-state index contributed by atoms with van der Waals surface area (Å²) in [5, 5.41) is 3.15. The Hall–Kier alpha value is -2.10. The number of benzene rings is 2. The second kappa shape index (κ2) is 4.29. The maximum absolute atomic E-state index is 13.2. The summed E-state index contributed by atoms with van der Waals surface area (Å²) in [4.78, 5) is 0. The van der Waals surface area contributed by atoms with E-state index in [0.717, 1.165) is 5.56 Å². The number of fused-ring (bicyclic) bond motifs is 1. The third-order valence-corrected chi connectivity index (χ3v) is 2.93. The molecule has 1 heterocycles. The van der Waals surface area contributed by atoms with Gasteiger partial charge in [-0.15, -0.1) is 0 Å². The van der Waals surface area contributed by atoms with Gasteiger partial charge in [-0.05, 0) is 29.8 Å². The first kappa shape index (κ1) is 11.0. The van der Waals surface area contributed by atoms with Gasteiger partial charge < -0.3 is 10.1 Å². The van der Waals surface area contributed by atoms with Gasteiger partial charge in [0.2, 0.25) is 0 Å². The molecule has 0 aliphatic carbocycles. The molecule has 1 unspecified atom stereocenters. The summed E-state index contributed by atoms with van der Waals surface area (Å²) in [6, 6.07) is 10.4. The average molecular weight is 247 g/mol. The summed E-state index contributed by atoms with van der Waals surface area (Å²) < 4.78 is 31.8. The fourth-order valence-corrected chi connectivity index (χ4v) is 2.05. The standard InChI is InChI=1S/C14H11F2NO/c15-10-3-1-2-9(6-10)13-8-18-14-5-4-11(16)7-12(14)17-13/h1-7,13,17H,8H2. The van der Waals surface area contributed by atoms with Gasteiger partial charge in [0.1, 0.15) is 24.0 Å². The van der Waals surface area contributed by atoms with Crippen LogP contribution in [-0.2, 0) is 0 Å². The lowest BCUT2D eigenvalue weighted by Gasteiger charge is -2.27. The monoisotopic (exact) mass is 247 g/mol. The Balaban J connectivity index is 1.90. The highest BCUT2D eigenvalue weighted by molar-refractivity contribution is 5.59. The topological polar surface area (TPSA) is 21.3 Å². The highest BCUT2D eigenvalue weighted by Crippen LogP contribution is 2.34. The summed E-state index contributed by atoms with van der Waals surface area (Å²) in [5.74, 6) is -0.00636. The van der Waals surface area contributed by atoms with Crippen LogP contribution < -0.4 is 10.1 Å². The van der Waals surface area contributed by atoms with E-state index in [1.54, 1.807) is 12.1 Å². The van der Waals surface area contributed by atoms with Gasteiger partial charge in [-0.1, -0.05) is 12.1 Å². The van der Waals surface area contributed by atoms with E-state index in [9.17, 15) is 8.78 Å². The fraction of sp³-hybridized carbons (Fsp3) is 0.143. The van der Waals surface area contributed by atoms with E-state index in [0.29, 0.717) is 18.0 Å². The van der Waals surface area contributed by atoms with Gasteiger partial charge in [0.15, 0.2) is 0 Å². The van der Waals surface area contributed by atoms with Crippen LogP contribution in [0.4, 0.5) is 14.5 Å². The Morgan fingerprint density at radius 2 is 1.89 bits per heavy atom. The molecule has 1 N–H and O–H groups in total. The van der Waals surface area contributed by atoms with Crippen LogP contribution in [-0.4, -0.2) is 6.61 Å². The van der Waals surface area contributed by atoms with Gasteiger partial charge in [-0.3, -0.25) is 0 Å². The normalized spacial score (nSPS) is 17.6. The van der Waals surface area contributed by atoms with Crippen LogP contribution in [0.15, 0.2) is 42.5 Å². The Labute approximate surface area is 103 Å². The molecule has 0 amide bonds. The van der Waals surface area contributed by atoms with Crippen LogP contribution in [0.25, 0.3) is 0 Å². The third kappa shape index (κ3) is 2.01. The summed E-state index contributed by atoms with van der Waals surface area (Å²) >= 11 is 0. The Kier molecular flexibility index (Phi) is 2.63. The number of ether oxygens (including phenoxy) is 1. The molecule has 0 radical (unpaired) electrons. The van der Waals surface area contributed by atoms with E-state index < -0.39 is 0 Å². The molecule has 3 rings (SSSR count). The Bertz CT molecular complexity index is 586. The lowest BCUT2D eigenvalue weighted by atomic mass is 10.1. The van der Waals surface area contributed by atoms with E-state index in [1.165, 1.54) is 24.3 Å². The van der Waals surface area contributed by atoms with Gasteiger partial charge in [0.25, 0.3) is 0 Å². The predicted molar refractivity (Wildman–Crippen MR) is 64.7 cm³/mol. The number of hydrogen-bond acceptors (Lipinski definition) is 2. The molecule has 18 heavy (non-hydrogen) atoms. The van der Waals surface area contributed by atoms with Crippen LogP contribution in [0.1, 0.15) is 11.6 Å². The van der Waals surface area contributed by atoms with Crippen LogP contribution in [0, 0.1) is 11.6 Å². The zero-order valence-corrected chi connectivity index (χ0v) is 9.49. The van der Waals surface area contributed by atoms with Gasteiger partial charge in [-0.2, -0.15) is 0 Å². The van der Waals surface area contributed by atoms with Crippen molar-refractivity contribution in [1.82, 2.24) is 0 Å². The number of nitrogens with one attached hydrogen (secondary N) is 1. The van der Waals surface area contributed by atoms with Crippen molar-refractivity contribution in [2.45, 2.75) is 6.04 Å². The largest absolute Gasteiger partial charge is 0.489 e. The summed E-state index contributed by atoms with van der Waals surface area (Å²) in [6.07, 6.45) is 0. The molecule has 2 aromatic carbocycles. The van der Waals surface area contributed by atoms with Gasteiger partial charge >= 0.3 is 0 Å². The number of rotatable bonds is 1. The zero-order valence-electron chi connectivity index (χ0n) is 9.49. The molecular formula is C14H11F2NO. The smallest absolute Gasteiger partial charge is 0.142 e. The van der Waals surface area contributed by atoms with Crippen LogP contribution in [0.2, 0.25) is 0 Å². The van der Waals surface area contributed by atoms with E-state index in [1.807, 2.05) is 6.07 Å². The SMILES string of the molecule is Fc1cccc(C2COc3ccc(F)cc3N2)c1. The number of hydrogen-bond donors (Lipinski definition) is 1. The van der Waals surface area contributed by atoms with Crippen molar-refractivity contribution in [3.8, 4) is 5.75 Å². The summed E-state index contributed by atoms with van der Waals surface area (Å²) in [6.45, 7) is 0.391. The molecule has 1 aliphatic heterocycles. The Morgan fingerprint density at radius 1 is 1.06 bits per heavy atom. The predicted octanol–water partition coefficient (Wildman–Crippen LogP) is 3.51. The second-order valence-electron chi connectivity index (χ2n) is 4.20. The summed E-state index contributed by atoms with van der Waals surface area (Å²) in [7, 11) is 0. The number of anilines is 1. The number of halogens is 2. The van der Waals surface area contributed by atoms with Crippen LogP contribution >= 0.6 is 0 Å². The van der Waals surface area contributed by atoms with Crippen molar-refractivity contribution in [2.75, 3.05) is 11.9 Å². The van der Waals surface area contributed by atoms with Crippen LogP contribution in [0.5, 0.6) is 5.75 Å². The van der Waals surface area contributed by atoms with E-state index in [4.69, 9.17) is 4.74 Å². The van der Waals surface area contributed by atoms with Crippen molar-refractivity contribution in [3.05, 3.63) is 59.7 Å². The fourth-order valence-electron chi connectivity index (χ4n) is 2.05. The van der Waals surface area contributed by atoms with Gasteiger partial charge in [-0.25, -0.2) is 8.78 Å². The van der Waals surface area contributed by atoms with Crippen LogP contribution in [0.3, 0.4) is 0 Å². The molecule has 4 heteroatoms. The Morgan fingerprint density at radius 3 is 2.72 bits per heavy atom. The molecule has 0 aromatic heterocycles. The molecule has 0 saturated carbocycles. The quantitative estimate of drug-likeness (QED) is 0.832. The minimum Gasteiger partial charge on any atom is -0.489 e. The zero-order chi connectivity index (χ0) is 12.5. The first-order valence-corrected chi connectivity index (χ1v) is 5.67. The highest BCUT2D eigenvalue weighted by atomic mass is 19.1. The van der Waals surface area contributed by atoms with Crippen molar-refractivity contribution >= 4 is 5.69 Å². The molecular weight excluding hydrogens is 236 g/mol. The third-order valence-electron chi connectivity index (χ3n) is 2.93. The minimum atomic E-state index is -0.329. The van der Waals surface area contributed by atoms with Gasteiger partial charge in [0.05, 0.1) is 11.7 Å². The molecule has 92 valence electrons. The maximum atomic E-state index is 13.2. The lowest BCUT2D eigenvalue weighted by molar-refractivity contribution is 0.285. The van der Waals surface area contributed by atoms with E-state index >= 15 is 0 Å². The summed E-state index contributed by atoms with van der Waals surface area (Å²) in [5.41, 5.74) is 1.38. The molecule has 0 spiro atoms. The van der Waals surface area contributed by atoms with Crippen molar-refractivity contribution in [3.63, 3.8) is 0 Å². The highest BCUT2D eigenvalue weighted by Gasteiger charge is 2.20. The maximum Gasteiger partial charge on any atom is 0.142 e. The van der Waals surface area contributed by atoms with E-state index in [-0.39, 0.29) is 17.7 Å². The second-order valence-corrected chi connectivity index (χ2v) is 4.20. The first-order valence-electron chi connectivity index (χ1n) is 5.67. The molecule has 2 aromatic rings. The molecule has 0 saturated heterocycles. The molecule has 1 atom stereocenters. The lowest BCUT2D eigenvalue weighted by Crippen LogP contribution is -2.24. The first-order chi connectivity index (χ1) is 8.72. The van der Waals surface area contributed by atoms with Crippen molar-refractivity contribution in [2.24, 2.45) is 0 Å². The molecule has 2 nitrogen and oxygen atoms in total. The van der Waals surface area contributed by atoms with E-state index in [2.05, 4.69) is 5.32 Å². The molecule has 0 bridgehead atoms.